The zero-order chi connectivity index (χ0) is 16.4. The van der Waals surface area contributed by atoms with Gasteiger partial charge < -0.3 is 34.0 Å². The van der Waals surface area contributed by atoms with Gasteiger partial charge in [-0.25, -0.2) is 0 Å². The Hall–Kier alpha value is -0.250. The van der Waals surface area contributed by atoms with Crippen LogP contribution in [0.3, 0.4) is 0 Å². The van der Waals surface area contributed by atoms with Crippen molar-refractivity contribution in [1.82, 2.24) is 0 Å². The van der Waals surface area contributed by atoms with E-state index in [0.29, 0.717) is 13.2 Å². The molecule has 1 radical (unpaired) electrons. The molecule has 2 nitrogen and oxygen atoms in total. The normalized spacial score (nSPS) is 13.2. The van der Waals surface area contributed by atoms with E-state index in [2.05, 4.69) is 69.0 Å². The summed E-state index contributed by atoms with van der Waals surface area (Å²) in [6, 6.07) is 10.8. The molecule has 1 aliphatic carbocycles. The summed E-state index contributed by atoms with van der Waals surface area (Å²) in [6.07, 6.45) is 5.23. The van der Waals surface area contributed by atoms with Crippen molar-refractivity contribution in [3.8, 4) is 0 Å². The van der Waals surface area contributed by atoms with Crippen LogP contribution in [0.2, 0.25) is 19.6 Å². The van der Waals surface area contributed by atoms with Crippen molar-refractivity contribution in [3.05, 3.63) is 59.4 Å². The number of hydrogen-bond acceptors (Lipinski definition) is 2. The summed E-state index contributed by atoms with van der Waals surface area (Å²) in [5.41, 5.74) is 3.97. The maximum atomic E-state index is 6.03. The second kappa shape index (κ2) is 10.9. The molecule has 3 rings (SSSR count). The average molecular weight is 488 g/mol. The van der Waals surface area contributed by atoms with Gasteiger partial charge in [-0.2, -0.15) is 0 Å². The fraction of sp³-hybridized carbons (Fsp3) is 0.350. The number of rotatable bonds is 6. The number of aryl methyl sites for hydroxylation is 1. The van der Waals surface area contributed by atoms with Crippen LogP contribution < -0.4 is 24.8 Å². The molecule has 2 aromatic rings. The Morgan fingerprint density at radius 1 is 1.08 bits per heavy atom. The largest absolute Gasteiger partial charge is 3.00 e. The minimum atomic E-state index is -1.46. The van der Waals surface area contributed by atoms with E-state index in [1.54, 1.807) is 0 Å². The fourth-order valence-corrected chi connectivity index (χ4v) is 3.81. The number of benzene rings is 1. The van der Waals surface area contributed by atoms with Crippen molar-refractivity contribution in [1.29, 1.82) is 0 Å². The molecular weight excluding hydrogens is 462 g/mol. The zero-order valence-corrected chi connectivity index (χ0v) is 20.7. The topological polar surface area (TPSA) is 18.5 Å². The molecule has 0 amide bonds. The van der Waals surface area contributed by atoms with E-state index in [9.17, 15) is 0 Å². The molecule has 0 aromatic heterocycles. The van der Waals surface area contributed by atoms with Crippen molar-refractivity contribution < 1.29 is 60.2 Å². The second-order valence-corrected chi connectivity index (χ2v) is 11.6. The quantitative estimate of drug-likeness (QED) is 0.308. The van der Waals surface area contributed by atoms with E-state index >= 15 is 0 Å². The minimum absolute atomic E-state index is 0. The number of hydrogen-bond donors (Lipinski definition) is 0. The predicted molar refractivity (Wildman–Crippen MR) is 100 cm³/mol. The molecule has 6 heteroatoms. The molecule has 0 atom stereocenters. The van der Waals surface area contributed by atoms with Gasteiger partial charge in [0, 0.05) is 0 Å². The molecule has 0 spiro atoms. The van der Waals surface area contributed by atoms with Crippen LogP contribution in [0.4, 0.5) is 0 Å². The second-order valence-electron chi connectivity index (χ2n) is 7.05. The minimum Gasteiger partial charge on any atom is -1.00 e. The van der Waals surface area contributed by atoms with Crippen LogP contribution in [0, 0.1) is 6.92 Å². The van der Waals surface area contributed by atoms with E-state index in [-0.39, 0.29) is 51.0 Å². The fourth-order valence-electron chi connectivity index (χ4n) is 3.11. The van der Waals surface area contributed by atoms with E-state index < -0.39 is 8.32 Å². The standard InChI is InChI=1S/C20H25O2Si.2ClH.Zr/c1-15-14-16-8-5-6-9-17(16)20(15)18-10-7-11-19(18)21-12-13-22-23(2,3)4;;;/h5-9,11,14H,10,12-13H2,1-4H3;2*1H;/q-1;;;+3/p-2. The molecule has 0 fully saturated rings. The summed E-state index contributed by atoms with van der Waals surface area (Å²) < 4.78 is 11.9. The Bertz CT molecular complexity index is 776. The number of halogens is 2. The Morgan fingerprint density at radius 3 is 2.46 bits per heavy atom. The third kappa shape index (κ3) is 6.14. The van der Waals surface area contributed by atoms with Crippen LogP contribution in [0.15, 0.2) is 48.2 Å². The van der Waals surface area contributed by atoms with Gasteiger partial charge in [0.1, 0.15) is 12.4 Å². The number of fused-ring (bicyclic) bond motifs is 1. The average Bonchev–Trinajstić information content (AvgIpc) is 3.05. The first kappa shape index (κ1) is 25.8. The predicted octanol–water partition coefficient (Wildman–Crippen LogP) is -0.588. The monoisotopic (exact) mass is 485 g/mol. The van der Waals surface area contributed by atoms with Crippen molar-refractivity contribution in [3.63, 3.8) is 0 Å². The summed E-state index contributed by atoms with van der Waals surface area (Å²) in [5, 5.41) is 2.63. The molecule has 26 heavy (non-hydrogen) atoms. The van der Waals surface area contributed by atoms with Gasteiger partial charge in [0.25, 0.3) is 0 Å². The summed E-state index contributed by atoms with van der Waals surface area (Å²) in [4.78, 5) is 0. The zero-order valence-electron chi connectivity index (χ0n) is 15.7. The smallest absolute Gasteiger partial charge is 1.00 e. The van der Waals surface area contributed by atoms with E-state index in [4.69, 9.17) is 9.16 Å². The Labute approximate surface area is 189 Å². The van der Waals surface area contributed by atoms with Gasteiger partial charge in [0.15, 0.2) is 8.32 Å². The van der Waals surface area contributed by atoms with Crippen LogP contribution >= 0.6 is 0 Å². The molecule has 2 aromatic carbocycles. The molecule has 0 heterocycles. The molecular formula is C20H25Cl2O2SiZr. The Balaban J connectivity index is 0.00000208. The van der Waals surface area contributed by atoms with Gasteiger partial charge in [-0.05, 0) is 37.7 Å². The van der Waals surface area contributed by atoms with Crippen LogP contribution in [-0.4, -0.2) is 21.5 Å². The molecule has 139 valence electrons. The molecule has 0 bridgehead atoms. The SMILES string of the molecule is Cc1[cH-]c2ccccc2c1C1=C(OCCO[Si](C)(C)C)C=CC1.[Cl-].[Cl-].[Zr+3]. The van der Waals surface area contributed by atoms with Crippen molar-refractivity contribution in [2.24, 2.45) is 0 Å². The molecule has 0 N–H and O–H groups in total. The Morgan fingerprint density at radius 2 is 1.77 bits per heavy atom. The molecule has 0 saturated carbocycles. The molecule has 0 saturated heterocycles. The van der Waals surface area contributed by atoms with E-state index in [1.165, 1.54) is 27.5 Å². The number of ether oxygens (including phenoxy) is 1. The van der Waals surface area contributed by atoms with E-state index in [1.807, 2.05) is 0 Å². The van der Waals surface area contributed by atoms with E-state index in [0.717, 1.165) is 12.2 Å². The third-order valence-corrected chi connectivity index (χ3v) is 5.13. The molecule has 0 unspecified atom stereocenters. The van der Waals surface area contributed by atoms with Crippen LogP contribution in [0.5, 0.6) is 0 Å². The van der Waals surface area contributed by atoms with Crippen molar-refractivity contribution >= 4 is 24.7 Å². The van der Waals surface area contributed by atoms with Gasteiger partial charge in [-0.3, -0.25) is 0 Å². The van der Waals surface area contributed by atoms with Gasteiger partial charge >= 0.3 is 26.2 Å². The first-order valence-electron chi connectivity index (χ1n) is 8.27. The number of allylic oxidation sites excluding steroid dienone is 3. The van der Waals surface area contributed by atoms with Crippen molar-refractivity contribution in [2.45, 2.75) is 33.0 Å². The molecule has 0 aliphatic heterocycles. The van der Waals surface area contributed by atoms with Crippen LogP contribution in [0.25, 0.3) is 16.3 Å². The van der Waals surface area contributed by atoms with Gasteiger partial charge in [0.2, 0.25) is 0 Å². The Kier molecular flexibility index (Phi) is 10.8. The van der Waals surface area contributed by atoms with Crippen molar-refractivity contribution in [2.75, 3.05) is 13.2 Å². The van der Waals surface area contributed by atoms with Gasteiger partial charge in [-0.1, -0.05) is 19.1 Å². The third-order valence-electron chi connectivity index (χ3n) is 4.06. The van der Waals surface area contributed by atoms with Gasteiger partial charge in [0.05, 0.1) is 6.61 Å². The maximum Gasteiger partial charge on any atom is 3.00 e. The maximum absolute atomic E-state index is 6.03. The first-order chi connectivity index (χ1) is 11.0. The summed E-state index contributed by atoms with van der Waals surface area (Å²) in [6.45, 7) is 10.1. The molecule has 1 aliphatic rings. The van der Waals surface area contributed by atoms with Crippen LogP contribution in [0.1, 0.15) is 17.5 Å². The first-order valence-corrected chi connectivity index (χ1v) is 11.7. The summed E-state index contributed by atoms with van der Waals surface area (Å²) in [7, 11) is -1.46. The summed E-state index contributed by atoms with van der Waals surface area (Å²) >= 11 is 0. The van der Waals surface area contributed by atoms with Crippen LogP contribution in [-0.2, 0) is 35.4 Å². The van der Waals surface area contributed by atoms with Gasteiger partial charge in [-0.15, -0.1) is 46.2 Å². The summed E-state index contributed by atoms with van der Waals surface area (Å²) in [5.74, 6) is 1.00.